The number of fused-ring (bicyclic) bond motifs is 3. The van der Waals surface area contributed by atoms with Gasteiger partial charge in [0.15, 0.2) is 5.16 Å². The van der Waals surface area contributed by atoms with Crippen LogP contribution in [0.25, 0.3) is 15.9 Å². The van der Waals surface area contributed by atoms with E-state index in [1.807, 2.05) is 43.3 Å². The normalized spacial score (nSPS) is 13.3. The minimum Gasteiger partial charge on any atom is -0.272 e. The highest BCUT2D eigenvalue weighted by Crippen LogP contribution is 2.35. The van der Waals surface area contributed by atoms with Crippen molar-refractivity contribution in [1.82, 2.24) is 15.0 Å². The topological polar surface area (TPSA) is 76.3 Å². The quantitative estimate of drug-likeness (QED) is 0.156. The largest absolute Gasteiger partial charge is 0.272 e. The molecule has 0 fully saturated rings. The Morgan fingerprint density at radius 1 is 1.23 bits per heavy atom. The molecule has 0 bridgehead atoms. The molecule has 2 aromatic heterocycles. The summed E-state index contributed by atoms with van der Waals surface area (Å²) < 4.78 is 1.64. The lowest BCUT2D eigenvalue weighted by Gasteiger charge is -2.13. The van der Waals surface area contributed by atoms with E-state index < -0.39 is 0 Å². The molecule has 0 atom stereocenters. The number of aromatic nitrogens is 2. The van der Waals surface area contributed by atoms with Crippen molar-refractivity contribution in [3.05, 3.63) is 85.5 Å². The van der Waals surface area contributed by atoms with Crippen molar-refractivity contribution in [1.29, 1.82) is 0 Å². The van der Waals surface area contributed by atoms with E-state index in [-0.39, 0.29) is 17.2 Å². The van der Waals surface area contributed by atoms with Gasteiger partial charge in [0.05, 0.1) is 23.0 Å². The second-order valence-electron chi connectivity index (χ2n) is 8.40. The predicted molar refractivity (Wildman–Crippen MR) is 145 cm³/mol. The van der Waals surface area contributed by atoms with Gasteiger partial charge in [-0.3, -0.25) is 14.2 Å². The van der Waals surface area contributed by atoms with Crippen molar-refractivity contribution in [2.75, 3.05) is 5.75 Å². The fourth-order valence-corrected chi connectivity index (χ4v) is 6.44. The van der Waals surface area contributed by atoms with Gasteiger partial charge in [0, 0.05) is 9.90 Å². The summed E-state index contributed by atoms with van der Waals surface area (Å²) in [4.78, 5) is 33.1. The van der Waals surface area contributed by atoms with Crippen LogP contribution in [0.3, 0.4) is 0 Å². The Morgan fingerprint density at radius 2 is 2.03 bits per heavy atom. The van der Waals surface area contributed by atoms with Crippen LogP contribution in [-0.4, -0.2) is 27.4 Å². The summed E-state index contributed by atoms with van der Waals surface area (Å²) in [5.41, 5.74) is 6.25. The number of hydrogen-bond acceptors (Lipinski definition) is 6. The van der Waals surface area contributed by atoms with Gasteiger partial charge >= 0.3 is 0 Å². The highest BCUT2D eigenvalue weighted by atomic mass is 35.5. The Balaban J connectivity index is 1.43. The first kappa shape index (κ1) is 23.8. The van der Waals surface area contributed by atoms with Gasteiger partial charge in [-0.05, 0) is 68.0 Å². The van der Waals surface area contributed by atoms with Crippen LogP contribution in [0.15, 0.2) is 63.6 Å². The van der Waals surface area contributed by atoms with Crippen LogP contribution in [-0.2, 0) is 17.6 Å². The van der Waals surface area contributed by atoms with E-state index in [1.165, 1.54) is 22.9 Å². The monoisotopic (exact) mass is 522 g/mol. The number of hydrazone groups is 1. The molecule has 9 heteroatoms. The summed E-state index contributed by atoms with van der Waals surface area (Å²) in [6.45, 7) is 2.01. The summed E-state index contributed by atoms with van der Waals surface area (Å²) in [5.74, 6) is -0.217. The molecular weight excluding hydrogens is 500 g/mol. The molecule has 0 radical (unpaired) electrons. The number of carbonyl (C=O) groups is 1. The number of thiophene rings is 1. The fraction of sp³-hybridized carbons (Fsp3) is 0.231. The molecule has 35 heavy (non-hydrogen) atoms. The van der Waals surface area contributed by atoms with Crippen LogP contribution in [0.5, 0.6) is 0 Å². The van der Waals surface area contributed by atoms with Crippen LogP contribution in [0.2, 0.25) is 5.02 Å². The Hall–Kier alpha value is -2.94. The van der Waals surface area contributed by atoms with Gasteiger partial charge in [-0.25, -0.2) is 10.4 Å². The summed E-state index contributed by atoms with van der Waals surface area (Å²) in [6.07, 6.45) is 5.69. The van der Waals surface area contributed by atoms with Crippen molar-refractivity contribution in [3.8, 4) is 5.69 Å². The van der Waals surface area contributed by atoms with Crippen molar-refractivity contribution < 1.29 is 4.79 Å². The van der Waals surface area contributed by atoms with Gasteiger partial charge in [0.2, 0.25) is 0 Å². The standard InChI is InChI=1S/C26H23ClN4O2S2/c1-16-9-11-19(12-10-16)31-25(33)23-20-7-2-3-8-21(20)35-24(23)29-26(31)34-15-22(32)30-28-14-17-5-4-6-18(27)13-17/h4-6,9-14H,2-3,7-8,15H2,1H3,(H,30,32)/b28-14-. The van der Waals surface area contributed by atoms with Gasteiger partial charge < -0.3 is 0 Å². The molecule has 0 unspecified atom stereocenters. The SMILES string of the molecule is Cc1ccc(-n2c(SCC(=O)N/N=C\c3cccc(Cl)c3)nc3sc4c(c3c2=O)CCCC4)cc1. The van der Waals surface area contributed by atoms with Crippen molar-refractivity contribution >= 4 is 57.0 Å². The number of amides is 1. The summed E-state index contributed by atoms with van der Waals surface area (Å²) in [5, 5.41) is 5.84. The molecule has 0 aliphatic heterocycles. The molecular formula is C26H23ClN4O2S2. The van der Waals surface area contributed by atoms with Gasteiger partial charge in [-0.2, -0.15) is 5.10 Å². The molecule has 1 amide bonds. The smallest absolute Gasteiger partial charge is 0.267 e. The van der Waals surface area contributed by atoms with Gasteiger partial charge in [0.1, 0.15) is 4.83 Å². The predicted octanol–water partition coefficient (Wildman–Crippen LogP) is 5.53. The first-order chi connectivity index (χ1) is 17.0. The Morgan fingerprint density at radius 3 is 2.83 bits per heavy atom. The molecule has 0 saturated carbocycles. The van der Waals surface area contributed by atoms with Crippen LogP contribution >= 0.6 is 34.7 Å². The maximum absolute atomic E-state index is 13.8. The second-order valence-corrected chi connectivity index (χ2v) is 10.9. The van der Waals surface area contributed by atoms with Gasteiger partial charge in [-0.1, -0.05) is 53.2 Å². The number of hydrogen-bond donors (Lipinski definition) is 1. The highest BCUT2D eigenvalue weighted by molar-refractivity contribution is 7.99. The second kappa shape index (κ2) is 10.4. The lowest BCUT2D eigenvalue weighted by Crippen LogP contribution is -2.24. The molecule has 2 aromatic carbocycles. The number of carbonyl (C=O) groups excluding carboxylic acids is 1. The lowest BCUT2D eigenvalue weighted by atomic mass is 9.97. The van der Waals surface area contributed by atoms with E-state index in [2.05, 4.69) is 10.5 Å². The third-order valence-corrected chi connectivity index (χ3v) is 8.19. The number of aryl methyl sites for hydroxylation is 3. The zero-order valence-electron chi connectivity index (χ0n) is 19.1. The third-order valence-electron chi connectivity index (χ3n) is 5.83. The molecule has 1 aliphatic rings. The summed E-state index contributed by atoms with van der Waals surface area (Å²) in [6, 6.07) is 15.0. The fourth-order valence-electron chi connectivity index (χ4n) is 4.13. The number of thioether (sulfide) groups is 1. The molecule has 0 saturated heterocycles. The zero-order valence-corrected chi connectivity index (χ0v) is 21.5. The van der Waals surface area contributed by atoms with E-state index in [9.17, 15) is 9.59 Å². The molecule has 0 spiro atoms. The average Bonchev–Trinajstić information content (AvgIpc) is 3.22. The van der Waals surface area contributed by atoms with Crippen molar-refractivity contribution in [2.24, 2.45) is 5.10 Å². The van der Waals surface area contributed by atoms with Crippen molar-refractivity contribution in [2.45, 2.75) is 37.8 Å². The first-order valence-corrected chi connectivity index (χ1v) is 13.5. The highest BCUT2D eigenvalue weighted by Gasteiger charge is 2.23. The molecule has 5 rings (SSSR count). The third kappa shape index (κ3) is 5.19. The van der Waals surface area contributed by atoms with Crippen LogP contribution in [0, 0.1) is 6.92 Å². The molecule has 6 nitrogen and oxygen atoms in total. The first-order valence-electron chi connectivity index (χ1n) is 11.3. The minimum atomic E-state index is -0.288. The number of nitrogens with zero attached hydrogens (tertiary/aromatic N) is 3. The number of halogens is 1. The molecule has 2 heterocycles. The summed E-state index contributed by atoms with van der Waals surface area (Å²) in [7, 11) is 0. The maximum Gasteiger partial charge on any atom is 0.267 e. The molecule has 178 valence electrons. The van der Waals surface area contributed by atoms with E-state index in [0.29, 0.717) is 10.2 Å². The Kier molecular flexibility index (Phi) is 7.04. The molecule has 1 N–H and O–H groups in total. The maximum atomic E-state index is 13.8. The van der Waals surface area contributed by atoms with Crippen molar-refractivity contribution in [3.63, 3.8) is 0 Å². The van der Waals surface area contributed by atoms with E-state index in [4.69, 9.17) is 16.6 Å². The molecule has 1 aliphatic carbocycles. The van der Waals surface area contributed by atoms with E-state index >= 15 is 0 Å². The van der Waals surface area contributed by atoms with Gasteiger partial charge in [-0.15, -0.1) is 11.3 Å². The minimum absolute atomic E-state index is 0.0693. The van der Waals surface area contributed by atoms with Gasteiger partial charge in [0.25, 0.3) is 11.5 Å². The summed E-state index contributed by atoms with van der Waals surface area (Å²) >= 11 is 8.82. The number of nitrogens with one attached hydrogen (secondary N) is 1. The lowest BCUT2D eigenvalue weighted by molar-refractivity contribution is -0.118. The average molecular weight is 523 g/mol. The number of rotatable bonds is 6. The Bertz CT molecular complexity index is 1490. The number of benzene rings is 2. The van der Waals surface area contributed by atoms with E-state index in [1.54, 1.807) is 28.0 Å². The van der Waals surface area contributed by atoms with Crippen LogP contribution in [0.4, 0.5) is 0 Å². The Labute approximate surface area is 216 Å². The zero-order chi connectivity index (χ0) is 24.4. The van der Waals surface area contributed by atoms with Crippen LogP contribution < -0.4 is 11.0 Å². The van der Waals surface area contributed by atoms with Crippen LogP contribution in [0.1, 0.15) is 34.4 Å². The van der Waals surface area contributed by atoms with E-state index in [0.717, 1.165) is 58.3 Å². The molecule has 4 aromatic rings.